The highest BCUT2D eigenvalue weighted by Crippen LogP contribution is 2.25. The zero-order chi connectivity index (χ0) is 18.4. The summed E-state index contributed by atoms with van der Waals surface area (Å²) in [5.41, 5.74) is -1.93. The molecule has 1 aliphatic rings. The molecule has 136 valence electrons. The number of rotatable bonds is 5. The molecule has 9 nitrogen and oxygen atoms in total. The van der Waals surface area contributed by atoms with Crippen molar-refractivity contribution in [2.75, 3.05) is 26.7 Å². The number of alkyl carbamates (subject to hydrolysis) is 1. The van der Waals surface area contributed by atoms with E-state index in [2.05, 4.69) is 10.6 Å². The van der Waals surface area contributed by atoms with Crippen molar-refractivity contribution in [1.29, 1.82) is 0 Å². The molecule has 1 fully saturated rings. The topological polar surface area (TPSA) is 114 Å². The number of hydrogen-bond donors (Lipinski definition) is 2. The molecule has 1 heterocycles. The lowest BCUT2D eigenvalue weighted by atomic mass is 9.87. The van der Waals surface area contributed by atoms with E-state index in [9.17, 15) is 19.2 Å². The van der Waals surface area contributed by atoms with Gasteiger partial charge in [-0.25, -0.2) is 9.59 Å². The largest absolute Gasteiger partial charge is 0.467 e. The van der Waals surface area contributed by atoms with Crippen LogP contribution in [-0.4, -0.2) is 67.2 Å². The van der Waals surface area contributed by atoms with Gasteiger partial charge in [0.25, 0.3) is 0 Å². The number of carbonyl (C=O) groups is 4. The standard InChI is InChI=1S/C15H25N3O6/c1-14(2,3)24-13(22)17-15(12(21)23-4)5-7-18(8-6-15)11(20)9-16-10-19/h10H,5-9H2,1-4H3,(H,16,19)(H,17,22). The minimum absolute atomic E-state index is 0.103. The number of esters is 1. The van der Waals surface area contributed by atoms with E-state index in [1.54, 1.807) is 20.8 Å². The molecule has 0 bridgehead atoms. The van der Waals surface area contributed by atoms with Gasteiger partial charge in [0.05, 0.1) is 13.7 Å². The van der Waals surface area contributed by atoms with Crippen molar-refractivity contribution in [2.45, 2.75) is 44.8 Å². The summed E-state index contributed by atoms with van der Waals surface area (Å²) in [6.45, 7) is 5.57. The van der Waals surface area contributed by atoms with Crippen LogP contribution in [0.1, 0.15) is 33.6 Å². The zero-order valence-electron chi connectivity index (χ0n) is 14.5. The molecule has 0 spiro atoms. The second-order valence-electron chi connectivity index (χ2n) is 6.58. The van der Waals surface area contributed by atoms with Gasteiger partial charge in [0.1, 0.15) is 11.1 Å². The molecule has 3 amide bonds. The fourth-order valence-electron chi connectivity index (χ4n) is 2.45. The van der Waals surface area contributed by atoms with E-state index in [4.69, 9.17) is 9.47 Å². The Kier molecular flexibility index (Phi) is 6.56. The lowest BCUT2D eigenvalue weighted by Gasteiger charge is -2.40. The lowest BCUT2D eigenvalue weighted by Crippen LogP contribution is -2.62. The first-order chi connectivity index (χ1) is 11.1. The van der Waals surface area contributed by atoms with E-state index in [0.29, 0.717) is 6.41 Å². The third-order valence-corrected chi connectivity index (χ3v) is 3.62. The normalized spacial score (nSPS) is 16.8. The van der Waals surface area contributed by atoms with Gasteiger partial charge >= 0.3 is 12.1 Å². The van der Waals surface area contributed by atoms with Crippen molar-refractivity contribution >= 4 is 24.4 Å². The van der Waals surface area contributed by atoms with E-state index in [-0.39, 0.29) is 38.4 Å². The molecule has 9 heteroatoms. The van der Waals surface area contributed by atoms with Gasteiger partial charge in [0, 0.05) is 13.1 Å². The Balaban J connectivity index is 2.75. The molecule has 0 atom stereocenters. The van der Waals surface area contributed by atoms with Crippen molar-refractivity contribution in [3.63, 3.8) is 0 Å². The molecule has 0 aromatic carbocycles. The third kappa shape index (κ3) is 5.39. The molecule has 0 radical (unpaired) electrons. The summed E-state index contributed by atoms with van der Waals surface area (Å²) in [5.74, 6) is -0.829. The molecule has 1 rings (SSSR count). The van der Waals surface area contributed by atoms with Crippen molar-refractivity contribution in [1.82, 2.24) is 15.5 Å². The number of methoxy groups -OCH3 is 1. The fourth-order valence-corrected chi connectivity index (χ4v) is 2.45. The summed E-state index contributed by atoms with van der Waals surface area (Å²) in [5, 5.41) is 4.90. The van der Waals surface area contributed by atoms with Gasteiger partial charge < -0.3 is 25.0 Å². The van der Waals surface area contributed by atoms with Crippen LogP contribution in [0.15, 0.2) is 0 Å². The molecule has 1 saturated heterocycles. The van der Waals surface area contributed by atoms with Gasteiger partial charge in [-0.05, 0) is 33.6 Å². The zero-order valence-corrected chi connectivity index (χ0v) is 14.5. The molecule has 0 unspecified atom stereocenters. The van der Waals surface area contributed by atoms with Crippen LogP contribution in [0.3, 0.4) is 0 Å². The monoisotopic (exact) mass is 343 g/mol. The number of amides is 3. The smallest absolute Gasteiger partial charge is 0.408 e. The highest BCUT2D eigenvalue weighted by molar-refractivity contribution is 5.87. The van der Waals surface area contributed by atoms with Crippen molar-refractivity contribution in [3.8, 4) is 0 Å². The SMILES string of the molecule is COC(=O)C1(NC(=O)OC(C)(C)C)CCN(C(=O)CNC=O)CC1. The number of nitrogens with one attached hydrogen (secondary N) is 2. The summed E-state index contributed by atoms with van der Waals surface area (Å²) in [6.07, 6.45) is 0.137. The van der Waals surface area contributed by atoms with Crippen LogP contribution in [0.5, 0.6) is 0 Å². The second kappa shape index (κ2) is 7.98. The maximum absolute atomic E-state index is 12.2. The number of likely N-dealkylation sites (tertiary alicyclic amines) is 1. The second-order valence-corrected chi connectivity index (χ2v) is 6.58. The van der Waals surface area contributed by atoms with E-state index in [1.165, 1.54) is 12.0 Å². The molecule has 0 saturated carbocycles. The van der Waals surface area contributed by atoms with Crippen LogP contribution >= 0.6 is 0 Å². The van der Waals surface area contributed by atoms with Crippen LogP contribution in [0, 0.1) is 0 Å². The van der Waals surface area contributed by atoms with E-state index >= 15 is 0 Å². The number of hydrogen-bond acceptors (Lipinski definition) is 6. The predicted octanol–water partition coefficient (Wildman–Crippen LogP) is -0.209. The van der Waals surface area contributed by atoms with Crippen molar-refractivity contribution < 1.29 is 28.7 Å². The molecular formula is C15H25N3O6. The Morgan fingerprint density at radius 3 is 2.25 bits per heavy atom. The van der Waals surface area contributed by atoms with Crippen LogP contribution in [0.2, 0.25) is 0 Å². The molecule has 1 aliphatic heterocycles. The minimum atomic E-state index is -1.23. The first-order valence-corrected chi connectivity index (χ1v) is 7.68. The Morgan fingerprint density at radius 2 is 1.79 bits per heavy atom. The predicted molar refractivity (Wildman–Crippen MR) is 84.0 cm³/mol. The number of ether oxygens (including phenoxy) is 2. The van der Waals surface area contributed by atoms with E-state index < -0.39 is 23.2 Å². The fraction of sp³-hybridized carbons (Fsp3) is 0.733. The Labute approximate surface area is 141 Å². The summed E-state index contributed by atoms with van der Waals surface area (Å²) in [7, 11) is 1.24. The van der Waals surface area contributed by atoms with E-state index in [1.807, 2.05) is 0 Å². The Bertz CT molecular complexity index is 492. The van der Waals surface area contributed by atoms with E-state index in [0.717, 1.165) is 0 Å². The first-order valence-electron chi connectivity index (χ1n) is 7.68. The van der Waals surface area contributed by atoms with Crippen molar-refractivity contribution in [2.24, 2.45) is 0 Å². The third-order valence-electron chi connectivity index (χ3n) is 3.62. The van der Waals surface area contributed by atoms with Gasteiger partial charge in [0.2, 0.25) is 12.3 Å². The number of piperidine rings is 1. The maximum Gasteiger partial charge on any atom is 0.408 e. The van der Waals surface area contributed by atoms with Gasteiger partial charge in [-0.3, -0.25) is 9.59 Å². The van der Waals surface area contributed by atoms with Gasteiger partial charge in [-0.1, -0.05) is 0 Å². The summed E-state index contributed by atoms with van der Waals surface area (Å²) >= 11 is 0. The summed E-state index contributed by atoms with van der Waals surface area (Å²) in [4.78, 5) is 47.9. The Hall–Kier alpha value is -2.32. The quantitative estimate of drug-likeness (QED) is 0.527. The molecule has 24 heavy (non-hydrogen) atoms. The number of nitrogens with zero attached hydrogens (tertiary/aromatic N) is 1. The summed E-state index contributed by atoms with van der Waals surface area (Å²) < 4.78 is 10.0. The molecular weight excluding hydrogens is 318 g/mol. The average molecular weight is 343 g/mol. The minimum Gasteiger partial charge on any atom is -0.467 e. The van der Waals surface area contributed by atoms with Crippen LogP contribution in [0.25, 0.3) is 0 Å². The Morgan fingerprint density at radius 1 is 1.21 bits per heavy atom. The van der Waals surface area contributed by atoms with Crippen LogP contribution in [0.4, 0.5) is 4.79 Å². The summed E-state index contributed by atoms with van der Waals surface area (Å²) in [6, 6.07) is 0. The lowest BCUT2D eigenvalue weighted by molar-refractivity contribution is -0.152. The van der Waals surface area contributed by atoms with Gasteiger partial charge in [-0.15, -0.1) is 0 Å². The van der Waals surface area contributed by atoms with Crippen molar-refractivity contribution in [3.05, 3.63) is 0 Å². The van der Waals surface area contributed by atoms with Gasteiger partial charge in [-0.2, -0.15) is 0 Å². The molecule has 2 N–H and O–H groups in total. The van der Waals surface area contributed by atoms with Crippen LogP contribution in [-0.2, 0) is 23.9 Å². The highest BCUT2D eigenvalue weighted by atomic mass is 16.6. The molecule has 0 aromatic rings. The van der Waals surface area contributed by atoms with Gasteiger partial charge in [0.15, 0.2) is 0 Å². The average Bonchev–Trinajstić information content (AvgIpc) is 2.50. The first kappa shape index (κ1) is 19.7. The highest BCUT2D eigenvalue weighted by Gasteiger charge is 2.45. The number of carbonyl (C=O) groups excluding carboxylic acids is 4. The maximum atomic E-state index is 12.2. The van der Waals surface area contributed by atoms with Crippen LogP contribution < -0.4 is 10.6 Å². The molecule has 0 aliphatic carbocycles. The molecule has 0 aromatic heterocycles.